The van der Waals surface area contributed by atoms with Gasteiger partial charge in [0.25, 0.3) is 0 Å². The van der Waals surface area contributed by atoms with Crippen LogP contribution in [0.5, 0.6) is 0 Å². The topological polar surface area (TPSA) is 21.6 Å². The van der Waals surface area contributed by atoms with Gasteiger partial charge in [-0.15, -0.1) is 0 Å². The summed E-state index contributed by atoms with van der Waals surface area (Å²) < 4.78 is 0. The first-order chi connectivity index (χ1) is 9.70. The molecule has 2 rings (SSSR count). The van der Waals surface area contributed by atoms with E-state index >= 15 is 0 Å². The van der Waals surface area contributed by atoms with Crippen LogP contribution in [0.3, 0.4) is 0 Å². The lowest BCUT2D eigenvalue weighted by Crippen LogP contribution is -2.07. The summed E-state index contributed by atoms with van der Waals surface area (Å²) in [4.78, 5) is 5.46. The van der Waals surface area contributed by atoms with Gasteiger partial charge in [0.1, 0.15) is 11.8 Å². The van der Waals surface area contributed by atoms with E-state index in [0.29, 0.717) is 0 Å². The van der Waals surface area contributed by atoms with E-state index < -0.39 is 0 Å². The van der Waals surface area contributed by atoms with E-state index in [1.807, 2.05) is 50.2 Å². The molecule has 0 fully saturated rings. The van der Waals surface area contributed by atoms with Gasteiger partial charge in [0.15, 0.2) is 0 Å². The molecular weight excluding hydrogens is 314 g/mol. The monoisotopic (exact) mass is 331 g/mol. The predicted octanol–water partition coefficient (Wildman–Crippen LogP) is 4.76. The van der Waals surface area contributed by atoms with Crippen molar-refractivity contribution in [2.75, 3.05) is 0 Å². The minimum atomic E-state index is 0.0630. The summed E-state index contributed by atoms with van der Waals surface area (Å²) >= 11 is 3.49. The Bertz CT molecular complexity index is 579. The summed E-state index contributed by atoms with van der Waals surface area (Å²) in [5, 5.41) is 5.17. The van der Waals surface area contributed by atoms with Gasteiger partial charge in [0, 0.05) is 16.5 Å². The van der Waals surface area contributed by atoms with Crippen LogP contribution in [0.25, 0.3) is 0 Å². The van der Waals surface area contributed by atoms with Gasteiger partial charge in [0.05, 0.1) is 0 Å². The van der Waals surface area contributed by atoms with E-state index in [1.165, 1.54) is 5.56 Å². The lowest BCUT2D eigenvalue weighted by atomic mass is 10.0. The second-order valence-corrected chi connectivity index (χ2v) is 5.35. The summed E-state index contributed by atoms with van der Waals surface area (Å²) in [5.41, 5.74) is 4.20. The fourth-order valence-corrected chi connectivity index (χ4v) is 2.18. The van der Waals surface area contributed by atoms with E-state index in [-0.39, 0.29) is 6.10 Å². The Morgan fingerprint density at radius 1 is 1.05 bits per heavy atom. The van der Waals surface area contributed by atoms with Gasteiger partial charge >= 0.3 is 0 Å². The van der Waals surface area contributed by atoms with Crippen molar-refractivity contribution >= 4 is 21.6 Å². The number of nitrogens with zero attached hydrogens (tertiary/aromatic N) is 1. The van der Waals surface area contributed by atoms with Gasteiger partial charge in [-0.25, -0.2) is 0 Å². The van der Waals surface area contributed by atoms with Crippen molar-refractivity contribution in [3.63, 3.8) is 0 Å². The average Bonchev–Trinajstić information content (AvgIpc) is 2.48. The second-order valence-electron chi connectivity index (χ2n) is 4.79. The third kappa shape index (κ3) is 3.94. The summed E-state index contributed by atoms with van der Waals surface area (Å²) in [6.07, 6.45) is 0.0630. The highest BCUT2D eigenvalue weighted by atomic mass is 79.9. The van der Waals surface area contributed by atoms with E-state index in [2.05, 4.69) is 39.3 Å². The maximum absolute atomic E-state index is 5.46. The van der Waals surface area contributed by atoms with Crippen LogP contribution in [-0.2, 0) is 10.2 Å². The van der Waals surface area contributed by atoms with Crippen LogP contribution >= 0.6 is 15.9 Å². The lowest BCUT2D eigenvalue weighted by Gasteiger charge is -2.10. The van der Waals surface area contributed by atoms with Crippen molar-refractivity contribution in [2.24, 2.45) is 5.16 Å². The number of hydrogen-bond acceptors (Lipinski definition) is 2. The molecule has 2 aromatic rings. The zero-order chi connectivity index (χ0) is 14.4. The first-order valence-electron chi connectivity index (χ1n) is 6.65. The quantitative estimate of drug-likeness (QED) is 0.439. The van der Waals surface area contributed by atoms with Crippen molar-refractivity contribution in [1.29, 1.82) is 0 Å². The van der Waals surface area contributed by atoms with E-state index in [4.69, 9.17) is 4.84 Å². The number of hydrogen-bond donors (Lipinski definition) is 0. The predicted molar refractivity (Wildman–Crippen MR) is 87.4 cm³/mol. The van der Waals surface area contributed by atoms with Crippen LogP contribution in [0.1, 0.15) is 30.5 Å². The maximum atomic E-state index is 5.46. The molecule has 0 aromatic heterocycles. The number of rotatable bonds is 5. The van der Waals surface area contributed by atoms with Crippen molar-refractivity contribution in [2.45, 2.75) is 25.3 Å². The Kier molecular flexibility index (Phi) is 5.36. The second kappa shape index (κ2) is 7.25. The minimum Gasteiger partial charge on any atom is -0.393 e. The van der Waals surface area contributed by atoms with Crippen LogP contribution in [0.15, 0.2) is 59.8 Å². The van der Waals surface area contributed by atoms with Gasteiger partial charge in [-0.1, -0.05) is 69.6 Å². The zero-order valence-corrected chi connectivity index (χ0v) is 13.3. The first-order valence-corrected chi connectivity index (χ1v) is 7.77. The van der Waals surface area contributed by atoms with E-state index in [9.17, 15) is 0 Å². The van der Waals surface area contributed by atoms with Gasteiger partial charge in [-0.3, -0.25) is 0 Å². The fourth-order valence-electron chi connectivity index (χ4n) is 1.83. The molecule has 0 unspecified atom stereocenters. The Morgan fingerprint density at radius 3 is 2.40 bits per heavy atom. The molecule has 0 aliphatic rings. The molecule has 2 aromatic carbocycles. The molecule has 0 atom stereocenters. The van der Waals surface area contributed by atoms with Crippen LogP contribution in [0.4, 0.5) is 0 Å². The molecule has 0 amide bonds. The molecule has 0 N–H and O–H groups in total. The number of oxime groups is 1. The molecule has 0 aliphatic carbocycles. The molecule has 20 heavy (non-hydrogen) atoms. The largest absolute Gasteiger partial charge is 0.393 e. The van der Waals surface area contributed by atoms with Crippen molar-refractivity contribution in [3.8, 4) is 0 Å². The Hall–Kier alpha value is -1.61. The summed E-state index contributed by atoms with van der Waals surface area (Å²) in [6, 6.07) is 18.4. The number of benzene rings is 2. The van der Waals surface area contributed by atoms with Crippen molar-refractivity contribution in [3.05, 3.63) is 71.3 Å². The normalized spacial score (nSPS) is 11.7. The molecule has 0 saturated carbocycles. The lowest BCUT2D eigenvalue weighted by molar-refractivity contribution is 0.0863. The molecule has 2 nitrogen and oxygen atoms in total. The Morgan fingerprint density at radius 2 is 1.75 bits per heavy atom. The average molecular weight is 332 g/mol. The van der Waals surface area contributed by atoms with Crippen LogP contribution < -0.4 is 0 Å². The molecule has 0 aliphatic heterocycles. The van der Waals surface area contributed by atoms with Crippen LogP contribution in [0.2, 0.25) is 0 Å². The minimum absolute atomic E-state index is 0.0630. The highest BCUT2D eigenvalue weighted by molar-refractivity contribution is 9.08. The van der Waals surface area contributed by atoms with E-state index in [0.717, 1.165) is 22.2 Å². The van der Waals surface area contributed by atoms with Gasteiger partial charge in [0.2, 0.25) is 0 Å². The molecule has 104 valence electrons. The molecular formula is C17H18BrNO. The van der Waals surface area contributed by atoms with Crippen LogP contribution in [-0.4, -0.2) is 11.8 Å². The molecule has 0 heterocycles. The molecule has 0 radical (unpaired) electrons. The van der Waals surface area contributed by atoms with Crippen molar-refractivity contribution in [1.82, 2.24) is 0 Å². The van der Waals surface area contributed by atoms with Gasteiger partial charge in [-0.2, -0.15) is 0 Å². The Balaban J connectivity index is 2.43. The number of halogens is 1. The fraction of sp³-hybridized carbons (Fsp3) is 0.235. The SMILES string of the molecule is CC(C)ON=C(c1ccccc1)c1cccc(CBr)c1. The summed E-state index contributed by atoms with van der Waals surface area (Å²) in [7, 11) is 0. The zero-order valence-electron chi connectivity index (χ0n) is 11.7. The van der Waals surface area contributed by atoms with Crippen LogP contribution in [0, 0.1) is 0 Å². The molecule has 0 spiro atoms. The molecule has 0 bridgehead atoms. The first kappa shape index (κ1) is 14.8. The van der Waals surface area contributed by atoms with Gasteiger partial charge in [-0.05, 0) is 25.5 Å². The summed E-state index contributed by atoms with van der Waals surface area (Å²) in [5.74, 6) is 0. The van der Waals surface area contributed by atoms with Gasteiger partial charge < -0.3 is 4.84 Å². The maximum Gasteiger partial charge on any atom is 0.122 e. The smallest absolute Gasteiger partial charge is 0.122 e. The highest BCUT2D eigenvalue weighted by Crippen LogP contribution is 2.15. The molecule has 3 heteroatoms. The standard InChI is InChI=1S/C17H18BrNO/c1-13(2)20-19-17(15-8-4-3-5-9-15)16-10-6-7-14(11-16)12-18/h3-11,13H,12H2,1-2H3. The Labute approximate surface area is 128 Å². The summed E-state index contributed by atoms with van der Waals surface area (Å²) in [6.45, 7) is 3.95. The molecule has 0 saturated heterocycles. The number of alkyl halides is 1. The highest BCUT2D eigenvalue weighted by Gasteiger charge is 2.09. The van der Waals surface area contributed by atoms with Crippen molar-refractivity contribution < 1.29 is 4.84 Å². The third-order valence-electron chi connectivity index (χ3n) is 2.76. The third-order valence-corrected chi connectivity index (χ3v) is 3.40. The van der Waals surface area contributed by atoms with E-state index in [1.54, 1.807) is 0 Å².